The van der Waals surface area contributed by atoms with E-state index >= 15 is 0 Å². The molecule has 0 aliphatic carbocycles. The molecule has 3 N–H and O–H groups in total. The number of fused-ring (bicyclic) bond motifs is 1. The monoisotopic (exact) mass is 365 g/mol. The van der Waals surface area contributed by atoms with Gasteiger partial charge in [0.25, 0.3) is 0 Å². The maximum atomic E-state index is 6.23. The van der Waals surface area contributed by atoms with E-state index in [9.17, 15) is 0 Å². The number of nitrogens with two attached hydrogens (primary N) is 1. The van der Waals surface area contributed by atoms with Gasteiger partial charge in [-0.2, -0.15) is 0 Å². The van der Waals surface area contributed by atoms with Crippen molar-refractivity contribution in [2.75, 3.05) is 11.4 Å². The third-order valence-corrected chi connectivity index (χ3v) is 5.52. The number of allylic oxidation sites excluding steroid dienone is 3. The summed E-state index contributed by atoms with van der Waals surface area (Å²) < 4.78 is 0. The summed E-state index contributed by atoms with van der Waals surface area (Å²) in [5, 5.41) is 1.14. The molecule has 27 heavy (non-hydrogen) atoms. The highest BCUT2D eigenvalue weighted by Crippen LogP contribution is 2.34. The molecule has 2 aromatic rings. The van der Waals surface area contributed by atoms with E-state index in [0.29, 0.717) is 11.9 Å². The average molecular weight is 366 g/mol. The highest BCUT2D eigenvalue weighted by molar-refractivity contribution is 6.18. The van der Waals surface area contributed by atoms with Crippen molar-refractivity contribution in [1.29, 1.82) is 0 Å². The summed E-state index contributed by atoms with van der Waals surface area (Å²) in [5.41, 5.74) is 11.4. The molecule has 3 rings (SSSR count). The van der Waals surface area contributed by atoms with E-state index in [2.05, 4.69) is 34.8 Å². The highest BCUT2D eigenvalue weighted by atomic mass is 15.2. The molecule has 2 aromatic heterocycles. The second-order valence-corrected chi connectivity index (χ2v) is 7.17. The van der Waals surface area contributed by atoms with Gasteiger partial charge in [0.2, 0.25) is 0 Å². The second-order valence-electron chi connectivity index (χ2n) is 7.17. The maximum Gasteiger partial charge on any atom is 0.140 e. The Labute approximate surface area is 162 Å². The zero-order valence-corrected chi connectivity index (χ0v) is 16.9. The van der Waals surface area contributed by atoms with Crippen LogP contribution in [0, 0.1) is 0 Å². The lowest BCUT2D eigenvalue weighted by Gasteiger charge is -2.27. The van der Waals surface area contributed by atoms with Crippen LogP contribution >= 0.6 is 0 Å². The number of nitrogens with zero attached hydrogens (tertiary/aromatic N) is 3. The van der Waals surface area contributed by atoms with Crippen molar-refractivity contribution in [3.8, 4) is 0 Å². The van der Waals surface area contributed by atoms with Crippen LogP contribution < -0.4 is 10.6 Å². The Kier molecular flexibility index (Phi) is 5.99. The second kappa shape index (κ2) is 8.42. The lowest BCUT2D eigenvalue weighted by molar-refractivity contribution is 0.646. The third-order valence-electron chi connectivity index (χ3n) is 5.52. The molecule has 0 spiro atoms. The molecule has 5 nitrogen and oxygen atoms in total. The smallest absolute Gasteiger partial charge is 0.140 e. The number of aromatic nitrogens is 2. The molecule has 0 radical (unpaired) electrons. The standard InChI is InChI=1S/C22H31N5/c1-5-9-18(26-21(23)15(4)6-2)17-14-25-22-20(17)19(11-12-24-22)27-13-8-10-16(27)7-3/h5,9,11-12,14,16H,6-8,10,13,23H2,1-4H3,(H,24,25)/b9-5-,21-15?,26-18+. The van der Waals surface area contributed by atoms with Gasteiger partial charge in [-0.05, 0) is 57.2 Å². The molecule has 0 aromatic carbocycles. The summed E-state index contributed by atoms with van der Waals surface area (Å²) in [6, 6.07) is 2.73. The first-order valence-corrected chi connectivity index (χ1v) is 10.00. The Morgan fingerprint density at radius 1 is 1.44 bits per heavy atom. The molecular formula is C22H31N5. The van der Waals surface area contributed by atoms with Crippen molar-refractivity contribution in [3.05, 3.63) is 47.6 Å². The molecule has 1 saturated heterocycles. The number of H-pyrrole nitrogens is 1. The highest BCUT2D eigenvalue weighted by Gasteiger charge is 2.26. The van der Waals surface area contributed by atoms with Gasteiger partial charge in [0.05, 0.1) is 16.8 Å². The Hall–Kier alpha value is -2.56. The van der Waals surface area contributed by atoms with Crippen molar-refractivity contribution in [1.82, 2.24) is 9.97 Å². The molecule has 144 valence electrons. The maximum absolute atomic E-state index is 6.23. The van der Waals surface area contributed by atoms with Gasteiger partial charge in [-0.1, -0.05) is 19.9 Å². The van der Waals surface area contributed by atoms with Crippen LogP contribution in [0.4, 0.5) is 5.69 Å². The number of pyridine rings is 1. The Balaban J connectivity index is 2.18. The molecule has 1 atom stereocenters. The third kappa shape index (κ3) is 3.77. The predicted octanol–water partition coefficient (Wildman–Crippen LogP) is 4.91. The SMILES string of the molecule is C/C=C\C(=N/C(N)=C(C)CC)c1c[nH]c2nccc(N3CCCC3CC)c12. The quantitative estimate of drug-likeness (QED) is 0.715. The van der Waals surface area contributed by atoms with Crippen LogP contribution in [-0.4, -0.2) is 28.3 Å². The van der Waals surface area contributed by atoms with Gasteiger partial charge in [-0.15, -0.1) is 0 Å². The van der Waals surface area contributed by atoms with Crippen LogP contribution in [0.5, 0.6) is 0 Å². The Morgan fingerprint density at radius 2 is 2.26 bits per heavy atom. The van der Waals surface area contributed by atoms with Crippen molar-refractivity contribution in [2.24, 2.45) is 10.7 Å². The van der Waals surface area contributed by atoms with Gasteiger partial charge in [-0.3, -0.25) is 0 Å². The summed E-state index contributed by atoms with van der Waals surface area (Å²) in [4.78, 5) is 15.2. The fourth-order valence-corrected chi connectivity index (χ4v) is 3.81. The van der Waals surface area contributed by atoms with E-state index in [1.165, 1.54) is 18.5 Å². The number of rotatable bonds is 6. The largest absolute Gasteiger partial charge is 0.384 e. The molecule has 0 amide bonds. The van der Waals surface area contributed by atoms with E-state index in [1.54, 1.807) is 0 Å². The number of hydrogen-bond acceptors (Lipinski definition) is 4. The van der Waals surface area contributed by atoms with Gasteiger partial charge in [-0.25, -0.2) is 9.98 Å². The first kappa shape index (κ1) is 19.2. The first-order valence-electron chi connectivity index (χ1n) is 10.00. The topological polar surface area (TPSA) is 70.3 Å². The molecule has 1 fully saturated rings. The summed E-state index contributed by atoms with van der Waals surface area (Å²) >= 11 is 0. The van der Waals surface area contributed by atoms with E-state index in [1.807, 2.05) is 38.4 Å². The zero-order valence-electron chi connectivity index (χ0n) is 16.9. The van der Waals surface area contributed by atoms with Crippen LogP contribution in [0.2, 0.25) is 0 Å². The van der Waals surface area contributed by atoms with Gasteiger partial charge in [0.1, 0.15) is 11.5 Å². The minimum atomic E-state index is 0.591. The number of aliphatic imine (C=N–C) groups is 1. The average Bonchev–Trinajstić information content (AvgIpc) is 3.33. The summed E-state index contributed by atoms with van der Waals surface area (Å²) in [5.74, 6) is 0.595. The van der Waals surface area contributed by atoms with E-state index in [4.69, 9.17) is 10.7 Å². The Morgan fingerprint density at radius 3 is 2.96 bits per heavy atom. The number of hydrogen-bond donors (Lipinski definition) is 2. The Bertz CT molecular complexity index is 887. The molecule has 5 heteroatoms. The van der Waals surface area contributed by atoms with Gasteiger partial charge < -0.3 is 15.6 Å². The van der Waals surface area contributed by atoms with Gasteiger partial charge in [0.15, 0.2) is 0 Å². The molecule has 0 bridgehead atoms. The van der Waals surface area contributed by atoms with Crippen molar-refractivity contribution in [3.63, 3.8) is 0 Å². The first-order chi connectivity index (χ1) is 13.1. The predicted molar refractivity (Wildman–Crippen MR) is 115 cm³/mol. The summed E-state index contributed by atoms with van der Waals surface area (Å²) in [7, 11) is 0. The number of nitrogens with one attached hydrogen (secondary N) is 1. The molecule has 1 aliphatic heterocycles. The van der Waals surface area contributed by atoms with E-state index < -0.39 is 0 Å². The zero-order chi connectivity index (χ0) is 19.4. The summed E-state index contributed by atoms with van der Waals surface area (Å²) in [6.45, 7) is 9.49. The van der Waals surface area contributed by atoms with Crippen molar-refractivity contribution < 1.29 is 0 Å². The molecule has 0 saturated carbocycles. The lowest BCUT2D eigenvalue weighted by atomic mass is 10.1. The molecule has 1 unspecified atom stereocenters. The van der Waals surface area contributed by atoms with E-state index in [-0.39, 0.29) is 0 Å². The van der Waals surface area contributed by atoms with Crippen LogP contribution in [0.1, 0.15) is 58.9 Å². The fraction of sp³-hybridized carbons (Fsp3) is 0.455. The molecular weight excluding hydrogens is 334 g/mol. The van der Waals surface area contributed by atoms with E-state index in [0.717, 1.165) is 47.3 Å². The number of aromatic amines is 1. The minimum Gasteiger partial charge on any atom is -0.384 e. The molecule has 1 aliphatic rings. The van der Waals surface area contributed by atoms with Gasteiger partial charge in [0, 0.05) is 30.5 Å². The summed E-state index contributed by atoms with van der Waals surface area (Å²) in [6.07, 6.45) is 12.5. The van der Waals surface area contributed by atoms with Crippen molar-refractivity contribution in [2.45, 2.75) is 59.4 Å². The lowest BCUT2D eigenvalue weighted by Crippen LogP contribution is -2.28. The van der Waals surface area contributed by atoms with Gasteiger partial charge >= 0.3 is 0 Å². The number of anilines is 1. The van der Waals surface area contributed by atoms with Crippen LogP contribution in [0.3, 0.4) is 0 Å². The fourth-order valence-electron chi connectivity index (χ4n) is 3.81. The van der Waals surface area contributed by atoms with Crippen molar-refractivity contribution >= 4 is 22.4 Å². The van der Waals surface area contributed by atoms with Crippen LogP contribution in [-0.2, 0) is 0 Å². The normalized spacial score (nSPS) is 19.3. The van der Waals surface area contributed by atoms with Crippen LogP contribution in [0.15, 0.2) is 47.0 Å². The molecule has 3 heterocycles. The minimum absolute atomic E-state index is 0.591. The van der Waals surface area contributed by atoms with Crippen LogP contribution in [0.25, 0.3) is 11.0 Å².